The summed E-state index contributed by atoms with van der Waals surface area (Å²) in [4.78, 5) is 21.2. The summed E-state index contributed by atoms with van der Waals surface area (Å²) >= 11 is 0. The third-order valence-corrected chi connectivity index (χ3v) is 1.56. The predicted octanol–water partition coefficient (Wildman–Crippen LogP) is -1.11. The number of aliphatic carboxylic acids is 1. The van der Waals surface area contributed by atoms with Gasteiger partial charge in [0, 0.05) is 6.42 Å². The molecule has 0 amide bonds. The quantitative estimate of drug-likeness (QED) is 0.277. The van der Waals surface area contributed by atoms with E-state index in [0.717, 1.165) is 0 Å². The normalized spacial score (nSPS) is 13.6. The van der Waals surface area contributed by atoms with E-state index >= 15 is 0 Å². The largest absolute Gasteiger partial charge is 0.502 e. The lowest BCUT2D eigenvalue weighted by Gasteiger charge is -2.12. The molecule has 0 fully saturated rings. The molecule has 0 aliphatic rings. The van der Waals surface area contributed by atoms with Crippen molar-refractivity contribution in [3.63, 3.8) is 0 Å². The summed E-state index contributed by atoms with van der Waals surface area (Å²) in [5, 5.41) is 26.1. The standard InChI is InChI=1S/C9H14O7/c1-2-15-4-3-5-16-9(14)7(11)6(10)8(12)13/h2,6-7,10-11H,1,3-5H2,(H,12,13). The Balaban J connectivity index is 3.79. The molecule has 0 saturated heterocycles. The third-order valence-electron chi connectivity index (χ3n) is 1.56. The second-order valence-corrected chi connectivity index (χ2v) is 2.79. The van der Waals surface area contributed by atoms with Crippen molar-refractivity contribution in [2.24, 2.45) is 0 Å². The Bertz CT molecular complexity index is 250. The third kappa shape index (κ3) is 5.32. The molecule has 0 bridgehead atoms. The van der Waals surface area contributed by atoms with E-state index in [0.29, 0.717) is 6.42 Å². The van der Waals surface area contributed by atoms with Gasteiger partial charge in [-0.2, -0.15) is 0 Å². The average molecular weight is 234 g/mol. The molecule has 0 heterocycles. The number of rotatable bonds is 8. The van der Waals surface area contributed by atoms with Gasteiger partial charge in [-0.25, -0.2) is 9.59 Å². The van der Waals surface area contributed by atoms with E-state index in [1.165, 1.54) is 6.26 Å². The van der Waals surface area contributed by atoms with Crippen LogP contribution in [0.25, 0.3) is 0 Å². The molecule has 0 aliphatic heterocycles. The number of esters is 1. The molecular weight excluding hydrogens is 220 g/mol. The monoisotopic (exact) mass is 234 g/mol. The lowest BCUT2D eigenvalue weighted by molar-refractivity contribution is -0.169. The zero-order valence-corrected chi connectivity index (χ0v) is 8.54. The molecule has 0 rings (SSSR count). The van der Waals surface area contributed by atoms with Crippen molar-refractivity contribution in [1.82, 2.24) is 0 Å². The molecule has 3 N–H and O–H groups in total. The van der Waals surface area contributed by atoms with E-state index in [4.69, 9.17) is 20.1 Å². The van der Waals surface area contributed by atoms with Gasteiger partial charge in [-0.15, -0.1) is 0 Å². The van der Waals surface area contributed by atoms with Crippen LogP contribution < -0.4 is 0 Å². The highest BCUT2D eigenvalue weighted by Gasteiger charge is 2.31. The lowest BCUT2D eigenvalue weighted by Crippen LogP contribution is -2.40. The van der Waals surface area contributed by atoms with Crippen molar-refractivity contribution in [2.75, 3.05) is 13.2 Å². The zero-order chi connectivity index (χ0) is 12.6. The fourth-order valence-corrected chi connectivity index (χ4v) is 0.748. The van der Waals surface area contributed by atoms with E-state index in [9.17, 15) is 9.59 Å². The van der Waals surface area contributed by atoms with Crippen molar-refractivity contribution in [1.29, 1.82) is 0 Å². The predicted molar refractivity (Wildman–Crippen MR) is 51.4 cm³/mol. The van der Waals surface area contributed by atoms with Crippen LogP contribution >= 0.6 is 0 Å². The number of hydrogen-bond acceptors (Lipinski definition) is 6. The highest BCUT2D eigenvalue weighted by molar-refractivity contribution is 5.84. The van der Waals surface area contributed by atoms with Gasteiger partial charge in [-0.05, 0) is 0 Å². The Labute approximate surface area is 91.9 Å². The minimum absolute atomic E-state index is 0.0456. The van der Waals surface area contributed by atoms with Crippen LogP contribution in [0.3, 0.4) is 0 Å². The van der Waals surface area contributed by atoms with Gasteiger partial charge in [0.05, 0.1) is 19.5 Å². The summed E-state index contributed by atoms with van der Waals surface area (Å²) in [5.74, 6) is -2.88. The number of carboxylic acid groups (broad SMARTS) is 1. The number of aliphatic hydroxyl groups excluding tert-OH is 2. The highest BCUT2D eigenvalue weighted by atomic mass is 16.6. The summed E-state index contributed by atoms with van der Waals surface area (Å²) in [6, 6.07) is 0. The Morgan fingerprint density at radius 2 is 1.88 bits per heavy atom. The van der Waals surface area contributed by atoms with E-state index in [-0.39, 0.29) is 13.2 Å². The number of ether oxygens (including phenoxy) is 2. The molecule has 0 spiro atoms. The van der Waals surface area contributed by atoms with Crippen molar-refractivity contribution in [2.45, 2.75) is 18.6 Å². The molecule has 2 unspecified atom stereocenters. The number of carbonyl (C=O) groups is 2. The summed E-state index contributed by atoms with van der Waals surface area (Å²) in [6.45, 7) is 3.54. The van der Waals surface area contributed by atoms with Crippen molar-refractivity contribution in [3.8, 4) is 0 Å². The van der Waals surface area contributed by atoms with E-state index in [1.807, 2.05) is 0 Å². The molecule has 16 heavy (non-hydrogen) atoms. The fraction of sp³-hybridized carbons (Fsp3) is 0.556. The van der Waals surface area contributed by atoms with Crippen LogP contribution in [0, 0.1) is 0 Å². The van der Waals surface area contributed by atoms with E-state index < -0.39 is 24.1 Å². The Hall–Kier alpha value is -1.60. The Morgan fingerprint density at radius 3 is 2.38 bits per heavy atom. The molecule has 0 aromatic heterocycles. The second kappa shape index (κ2) is 7.66. The Morgan fingerprint density at radius 1 is 1.25 bits per heavy atom. The maximum Gasteiger partial charge on any atom is 0.338 e. The molecule has 7 nitrogen and oxygen atoms in total. The average Bonchev–Trinajstić information content (AvgIpc) is 2.26. The first kappa shape index (κ1) is 14.4. The summed E-state index contributed by atoms with van der Waals surface area (Å²) in [5.41, 5.74) is 0. The van der Waals surface area contributed by atoms with Gasteiger partial charge in [0.25, 0.3) is 0 Å². The van der Waals surface area contributed by atoms with Crippen molar-refractivity contribution in [3.05, 3.63) is 12.8 Å². The molecule has 0 aromatic carbocycles. The summed E-state index contributed by atoms with van der Waals surface area (Å²) in [6.07, 6.45) is -2.67. The maximum atomic E-state index is 11.0. The highest BCUT2D eigenvalue weighted by Crippen LogP contribution is 1.98. The minimum atomic E-state index is -2.18. The maximum absolute atomic E-state index is 11.0. The second-order valence-electron chi connectivity index (χ2n) is 2.79. The van der Waals surface area contributed by atoms with Gasteiger partial charge in [-0.1, -0.05) is 6.58 Å². The first-order chi connectivity index (χ1) is 7.50. The van der Waals surface area contributed by atoms with E-state index in [2.05, 4.69) is 11.3 Å². The number of carboxylic acids is 1. The van der Waals surface area contributed by atoms with E-state index in [1.54, 1.807) is 0 Å². The molecule has 92 valence electrons. The lowest BCUT2D eigenvalue weighted by atomic mass is 10.2. The van der Waals surface area contributed by atoms with Gasteiger partial charge in [0.1, 0.15) is 0 Å². The topological polar surface area (TPSA) is 113 Å². The zero-order valence-electron chi connectivity index (χ0n) is 8.54. The van der Waals surface area contributed by atoms with Gasteiger partial charge >= 0.3 is 11.9 Å². The van der Waals surface area contributed by atoms with Gasteiger partial charge < -0.3 is 24.8 Å². The first-order valence-corrected chi connectivity index (χ1v) is 4.48. The van der Waals surface area contributed by atoms with Crippen LogP contribution in [0.1, 0.15) is 6.42 Å². The van der Waals surface area contributed by atoms with Gasteiger partial charge in [-0.3, -0.25) is 0 Å². The van der Waals surface area contributed by atoms with Crippen LogP contribution in [-0.4, -0.2) is 52.7 Å². The van der Waals surface area contributed by atoms with Crippen LogP contribution in [0.2, 0.25) is 0 Å². The van der Waals surface area contributed by atoms with Crippen LogP contribution in [0.15, 0.2) is 12.8 Å². The smallest absolute Gasteiger partial charge is 0.338 e. The van der Waals surface area contributed by atoms with Crippen molar-refractivity contribution < 1.29 is 34.4 Å². The first-order valence-electron chi connectivity index (χ1n) is 4.48. The molecule has 0 saturated carbocycles. The molecule has 0 aromatic rings. The van der Waals surface area contributed by atoms with Gasteiger partial charge in [0.2, 0.25) is 0 Å². The molecule has 2 atom stereocenters. The molecule has 0 aliphatic carbocycles. The SMILES string of the molecule is C=COCCCOC(=O)C(O)C(O)C(=O)O. The van der Waals surface area contributed by atoms with Gasteiger partial charge in [0.15, 0.2) is 12.2 Å². The van der Waals surface area contributed by atoms with Crippen LogP contribution in [0.4, 0.5) is 0 Å². The summed E-state index contributed by atoms with van der Waals surface area (Å²) < 4.78 is 9.22. The van der Waals surface area contributed by atoms with Crippen LogP contribution in [0.5, 0.6) is 0 Å². The number of aliphatic hydroxyl groups is 2. The molecule has 7 heteroatoms. The Kier molecular flexibility index (Phi) is 6.89. The number of hydrogen-bond donors (Lipinski definition) is 3. The summed E-state index contributed by atoms with van der Waals surface area (Å²) in [7, 11) is 0. The van der Waals surface area contributed by atoms with Crippen molar-refractivity contribution >= 4 is 11.9 Å². The number of carbonyl (C=O) groups excluding carboxylic acids is 1. The fourth-order valence-electron chi connectivity index (χ4n) is 0.748. The minimum Gasteiger partial charge on any atom is -0.502 e. The molecule has 0 radical (unpaired) electrons. The molecular formula is C9H14O7. The van der Waals surface area contributed by atoms with Crippen LogP contribution in [-0.2, 0) is 19.1 Å².